The Bertz CT molecular complexity index is 921. The molecule has 114 valence electrons. The molecule has 3 rings (SSSR count). The van der Waals surface area contributed by atoms with Crippen molar-refractivity contribution in [2.75, 3.05) is 0 Å². The molecule has 2 heterocycles. The predicted octanol–water partition coefficient (Wildman–Crippen LogP) is 2.00. The Morgan fingerprint density at radius 3 is 2.59 bits per heavy atom. The first-order valence-corrected chi connectivity index (χ1v) is 7.40. The van der Waals surface area contributed by atoms with E-state index in [0.29, 0.717) is 22.7 Å². The first-order chi connectivity index (χ1) is 10.6. The van der Waals surface area contributed by atoms with Crippen molar-refractivity contribution in [3.05, 3.63) is 62.0 Å². The molecule has 2 aromatic heterocycles. The van der Waals surface area contributed by atoms with Crippen molar-refractivity contribution in [3.63, 3.8) is 0 Å². The van der Waals surface area contributed by atoms with Crippen LogP contribution in [0.25, 0.3) is 11.2 Å². The van der Waals surface area contributed by atoms with E-state index in [2.05, 4.69) is 9.97 Å². The molecule has 0 fully saturated rings. The molecule has 0 aliphatic rings. The lowest BCUT2D eigenvalue weighted by atomic mass is 10.2. The van der Waals surface area contributed by atoms with Crippen molar-refractivity contribution in [1.29, 1.82) is 0 Å². The molecule has 0 amide bonds. The molecule has 0 spiro atoms. The van der Waals surface area contributed by atoms with Gasteiger partial charge < -0.3 is 4.98 Å². The van der Waals surface area contributed by atoms with Crippen LogP contribution in [0.3, 0.4) is 0 Å². The highest BCUT2D eigenvalue weighted by atomic mass is 35.5. The summed E-state index contributed by atoms with van der Waals surface area (Å²) in [6.45, 7) is 2.69. The second-order valence-corrected chi connectivity index (χ2v) is 5.49. The molecule has 0 aliphatic carbocycles. The highest BCUT2D eigenvalue weighted by Gasteiger charge is 2.14. The number of fused-ring (bicyclic) bond motifs is 1. The molecule has 3 aromatic rings. The number of hydrogen-bond donors (Lipinski definition) is 1. The molecule has 22 heavy (non-hydrogen) atoms. The van der Waals surface area contributed by atoms with E-state index in [1.54, 1.807) is 24.3 Å². The van der Waals surface area contributed by atoms with Crippen molar-refractivity contribution >= 4 is 22.8 Å². The predicted molar refractivity (Wildman–Crippen MR) is 85.5 cm³/mol. The zero-order valence-electron chi connectivity index (χ0n) is 12.0. The van der Waals surface area contributed by atoms with E-state index in [9.17, 15) is 9.59 Å². The van der Waals surface area contributed by atoms with Crippen LogP contribution < -0.4 is 11.2 Å². The molecule has 0 bridgehead atoms. The number of benzene rings is 1. The van der Waals surface area contributed by atoms with Crippen LogP contribution in [0.2, 0.25) is 5.02 Å². The maximum Gasteiger partial charge on any atom is 0.333 e. The van der Waals surface area contributed by atoms with E-state index in [4.69, 9.17) is 11.6 Å². The Morgan fingerprint density at radius 1 is 1.18 bits per heavy atom. The van der Waals surface area contributed by atoms with Crippen LogP contribution in [0.5, 0.6) is 0 Å². The lowest BCUT2D eigenvalue weighted by Crippen LogP contribution is -2.40. The summed E-state index contributed by atoms with van der Waals surface area (Å²) >= 11 is 5.86. The average Bonchev–Trinajstić information content (AvgIpc) is 2.99. The van der Waals surface area contributed by atoms with Gasteiger partial charge in [-0.1, -0.05) is 30.7 Å². The summed E-state index contributed by atoms with van der Waals surface area (Å²) in [5.41, 5.74) is 0.887. The van der Waals surface area contributed by atoms with Crippen molar-refractivity contribution < 1.29 is 0 Å². The van der Waals surface area contributed by atoms with Crippen molar-refractivity contribution in [3.8, 4) is 0 Å². The zero-order chi connectivity index (χ0) is 15.7. The van der Waals surface area contributed by atoms with Gasteiger partial charge in [0.15, 0.2) is 5.65 Å². The van der Waals surface area contributed by atoms with Crippen molar-refractivity contribution in [2.24, 2.45) is 0 Å². The summed E-state index contributed by atoms with van der Waals surface area (Å²) in [5, 5.41) is 0.614. The topological polar surface area (TPSA) is 72.7 Å². The van der Waals surface area contributed by atoms with E-state index in [-0.39, 0.29) is 17.8 Å². The zero-order valence-corrected chi connectivity index (χ0v) is 12.8. The van der Waals surface area contributed by atoms with E-state index in [1.807, 2.05) is 6.92 Å². The normalized spacial score (nSPS) is 11.2. The van der Waals surface area contributed by atoms with Crippen LogP contribution >= 0.6 is 11.6 Å². The number of nitrogens with one attached hydrogen (secondary N) is 1. The third-order valence-corrected chi connectivity index (χ3v) is 3.75. The van der Waals surface area contributed by atoms with E-state index in [1.165, 1.54) is 15.5 Å². The summed E-state index contributed by atoms with van der Waals surface area (Å²) in [7, 11) is 0. The fraction of sp³-hybridized carbons (Fsp3) is 0.267. The monoisotopic (exact) mass is 318 g/mol. The first kappa shape index (κ1) is 14.6. The molecule has 6 nitrogen and oxygen atoms in total. The first-order valence-electron chi connectivity index (χ1n) is 7.03. The third-order valence-electron chi connectivity index (χ3n) is 3.50. The summed E-state index contributed by atoms with van der Waals surface area (Å²) in [6, 6.07) is 7.08. The quantitative estimate of drug-likeness (QED) is 0.799. The van der Waals surface area contributed by atoms with E-state index < -0.39 is 0 Å². The van der Waals surface area contributed by atoms with E-state index in [0.717, 1.165) is 12.0 Å². The van der Waals surface area contributed by atoms with Crippen molar-refractivity contribution in [1.82, 2.24) is 19.1 Å². The van der Waals surface area contributed by atoms with Crippen LogP contribution in [0.4, 0.5) is 0 Å². The molecule has 0 saturated carbocycles. The molecule has 1 N–H and O–H groups in total. The number of hydrogen-bond acceptors (Lipinski definition) is 3. The fourth-order valence-electron chi connectivity index (χ4n) is 2.44. The largest absolute Gasteiger partial charge is 0.339 e. The molecule has 0 aliphatic heterocycles. The molecular weight excluding hydrogens is 304 g/mol. The van der Waals surface area contributed by atoms with E-state index >= 15 is 0 Å². The standard InChI is InChI=1S/C15H15ClN4O2/c1-2-7-19-13-12(17-9-18-13)14(21)20(15(19)22)8-10-3-5-11(16)6-4-10/h3-6,9H,2,7-8H2,1H3,(H,17,18). The summed E-state index contributed by atoms with van der Waals surface area (Å²) in [5.74, 6) is 0. The summed E-state index contributed by atoms with van der Waals surface area (Å²) in [4.78, 5) is 32.0. The van der Waals surface area contributed by atoms with Gasteiger partial charge in [0, 0.05) is 11.6 Å². The van der Waals surface area contributed by atoms with Crippen LogP contribution in [-0.4, -0.2) is 19.1 Å². The minimum atomic E-state index is -0.361. The molecular formula is C15H15ClN4O2. The van der Waals surface area contributed by atoms with Gasteiger partial charge in [-0.05, 0) is 24.1 Å². The Kier molecular flexibility index (Phi) is 3.85. The second kappa shape index (κ2) is 5.81. The van der Waals surface area contributed by atoms with Gasteiger partial charge >= 0.3 is 5.69 Å². The number of imidazole rings is 1. The minimum Gasteiger partial charge on any atom is -0.339 e. The molecule has 0 saturated heterocycles. The second-order valence-electron chi connectivity index (χ2n) is 5.05. The Morgan fingerprint density at radius 2 is 1.91 bits per heavy atom. The maximum absolute atomic E-state index is 12.6. The van der Waals surface area contributed by atoms with Crippen LogP contribution in [-0.2, 0) is 13.1 Å². The Labute approximate surface area is 131 Å². The Hall–Kier alpha value is -2.34. The molecule has 0 unspecified atom stereocenters. The highest BCUT2D eigenvalue weighted by Crippen LogP contribution is 2.10. The van der Waals surface area contributed by atoms with Crippen LogP contribution in [0, 0.1) is 0 Å². The minimum absolute atomic E-state index is 0.202. The lowest BCUT2D eigenvalue weighted by molar-refractivity contribution is 0.590. The molecule has 7 heteroatoms. The molecule has 1 aromatic carbocycles. The number of rotatable bonds is 4. The van der Waals surface area contributed by atoms with Gasteiger partial charge in [-0.25, -0.2) is 9.78 Å². The lowest BCUT2D eigenvalue weighted by Gasteiger charge is -2.10. The molecule has 0 atom stereocenters. The Balaban J connectivity index is 2.18. The van der Waals surface area contributed by atoms with Crippen LogP contribution in [0.15, 0.2) is 40.2 Å². The summed E-state index contributed by atoms with van der Waals surface area (Å²) < 4.78 is 2.75. The van der Waals surface area contributed by atoms with Gasteiger partial charge in [-0.2, -0.15) is 0 Å². The van der Waals surface area contributed by atoms with Crippen LogP contribution in [0.1, 0.15) is 18.9 Å². The van der Waals surface area contributed by atoms with Gasteiger partial charge in [0.25, 0.3) is 5.56 Å². The number of halogens is 1. The van der Waals surface area contributed by atoms with Gasteiger partial charge in [0.2, 0.25) is 0 Å². The van der Waals surface area contributed by atoms with Gasteiger partial charge in [0.05, 0.1) is 12.9 Å². The van der Waals surface area contributed by atoms with Crippen molar-refractivity contribution in [2.45, 2.75) is 26.4 Å². The smallest absolute Gasteiger partial charge is 0.333 e. The number of aromatic amines is 1. The van der Waals surface area contributed by atoms with Gasteiger partial charge in [-0.15, -0.1) is 0 Å². The average molecular weight is 319 g/mol. The molecule has 0 radical (unpaired) electrons. The number of aromatic nitrogens is 4. The fourth-order valence-corrected chi connectivity index (χ4v) is 2.57. The maximum atomic E-state index is 12.6. The van der Waals surface area contributed by atoms with Gasteiger partial charge in [0.1, 0.15) is 5.52 Å². The van der Waals surface area contributed by atoms with Gasteiger partial charge in [-0.3, -0.25) is 13.9 Å². The SMILES string of the molecule is CCCn1c(=O)n(Cc2ccc(Cl)cc2)c(=O)c2[nH]cnc21. The number of nitrogens with zero attached hydrogens (tertiary/aromatic N) is 3. The number of aryl methyl sites for hydroxylation is 1. The highest BCUT2D eigenvalue weighted by molar-refractivity contribution is 6.30. The third kappa shape index (κ3) is 2.46. The summed E-state index contributed by atoms with van der Waals surface area (Å²) in [6.07, 6.45) is 2.21. The number of H-pyrrole nitrogens is 1.